The van der Waals surface area contributed by atoms with Crippen molar-refractivity contribution in [3.8, 4) is 0 Å². The highest BCUT2D eigenvalue weighted by atomic mass is 32.2. The van der Waals surface area contributed by atoms with Crippen molar-refractivity contribution in [2.75, 3.05) is 0 Å². The Balaban J connectivity index is 2.39. The minimum absolute atomic E-state index is 0.00850. The van der Waals surface area contributed by atoms with Gasteiger partial charge in [-0.05, 0) is 61.6 Å². The SMILES string of the molecule is Cc1cc(S(=O)(=O)NC(C)c2ccns2)cc(C(=O)O)c1C. The van der Waals surface area contributed by atoms with E-state index in [1.165, 1.54) is 23.7 Å². The van der Waals surface area contributed by atoms with Crippen molar-refractivity contribution < 1.29 is 18.3 Å². The Morgan fingerprint density at radius 2 is 2.05 bits per heavy atom. The third-order valence-corrected chi connectivity index (χ3v) is 5.85. The smallest absolute Gasteiger partial charge is 0.336 e. The van der Waals surface area contributed by atoms with Crippen LogP contribution in [0, 0.1) is 13.8 Å². The molecule has 0 saturated carbocycles. The number of hydrogen-bond acceptors (Lipinski definition) is 5. The van der Waals surface area contributed by atoms with E-state index >= 15 is 0 Å². The average molecular weight is 340 g/mol. The van der Waals surface area contributed by atoms with Gasteiger partial charge in [0.25, 0.3) is 0 Å². The van der Waals surface area contributed by atoms with Crippen LogP contribution in [0.15, 0.2) is 29.3 Å². The summed E-state index contributed by atoms with van der Waals surface area (Å²) in [6, 6.07) is 3.96. The van der Waals surface area contributed by atoms with E-state index in [1.807, 2.05) is 0 Å². The second-order valence-electron chi connectivity index (χ2n) is 4.98. The lowest BCUT2D eigenvalue weighted by Crippen LogP contribution is -2.26. The molecular formula is C14H16N2O4S2. The third kappa shape index (κ3) is 3.34. The summed E-state index contributed by atoms with van der Waals surface area (Å²) in [7, 11) is -3.82. The maximum atomic E-state index is 12.5. The molecule has 0 saturated heterocycles. The molecule has 0 radical (unpaired) electrons. The molecular weight excluding hydrogens is 324 g/mol. The van der Waals surface area contributed by atoms with Crippen molar-refractivity contribution in [2.24, 2.45) is 0 Å². The van der Waals surface area contributed by atoms with E-state index in [1.54, 1.807) is 33.0 Å². The Morgan fingerprint density at radius 3 is 2.59 bits per heavy atom. The number of nitrogens with zero attached hydrogens (tertiary/aromatic N) is 1. The Kier molecular flexibility index (Phi) is 4.64. The fraction of sp³-hybridized carbons (Fsp3) is 0.286. The molecule has 0 aliphatic carbocycles. The van der Waals surface area contributed by atoms with E-state index in [0.717, 1.165) is 4.88 Å². The van der Waals surface area contributed by atoms with Crippen molar-refractivity contribution in [1.29, 1.82) is 0 Å². The van der Waals surface area contributed by atoms with Crippen LogP contribution in [0.25, 0.3) is 0 Å². The number of carboxylic acid groups (broad SMARTS) is 1. The van der Waals surface area contributed by atoms with E-state index in [9.17, 15) is 18.3 Å². The van der Waals surface area contributed by atoms with E-state index in [0.29, 0.717) is 11.1 Å². The summed E-state index contributed by atoms with van der Waals surface area (Å²) in [5, 5.41) is 9.19. The van der Waals surface area contributed by atoms with Gasteiger partial charge in [0, 0.05) is 11.1 Å². The van der Waals surface area contributed by atoms with Gasteiger partial charge < -0.3 is 5.11 Å². The highest BCUT2D eigenvalue weighted by Crippen LogP contribution is 2.23. The van der Waals surface area contributed by atoms with Crippen LogP contribution >= 0.6 is 11.5 Å². The fourth-order valence-electron chi connectivity index (χ4n) is 2.01. The number of hydrogen-bond donors (Lipinski definition) is 2. The van der Waals surface area contributed by atoms with Gasteiger partial charge in [-0.3, -0.25) is 0 Å². The van der Waals surface area contributed by atoms with Crippen molar-refractivity contribution in [1.82, 2.24) is 9.10 Å². The standard InChI is InChI=1S/C14H16N2O4S2/c1-8-6-11(7-12(9(8)2)14(17)18)22(19,20)16-10(3)13-4-5-15-21-13/h4-7,10,16H,1-3H3,(H,17,18). The molecule has 22 heavy (non-hydrogen) atoms. The number of carbonyl (C=O) groups is 1. The molecule has 2 rings (SSSR count). The maximum Gasteiger partial charge on any atom is 0.336 e. The first-order valence-corrected chi connectivity index (χ1v) is 8.75. The van der Waals surface area contributed by atoms with Gasteiger partial charge in [0.2, 0.25) is 10.0 Å². The van der Waals surface area contributed by atoms with Gasteiger partial charge in [0.05, 0.1) is 16.5 Å². The number of rotatable bonds is 5. The molecule has 118 valence electrons. The number of aromatic nitrogens is 1. The summed E-state index contributed by atoms with van der Waals surface area (Å²) in [6.45, 7) is 5.06. The van der Waals surface area contributed by atoms with Crippen LogP contribution in [0.5, 0.6) is 0 Å². The van der Waals surface area contributed by atoms with Crippen molar-refractivity contribution in [3.05, 3.63) is 46.0 Å². The second-order valence-corrected chi connectivity index (χ2v) is 7.55. The first kappa shape index (κ1) is 16.6. The minimum Gasteiger partial charge on any atom is -0.478 e. The Hall–Kier alpha value is -1.77. The van der Waals surface area contributed by atoms with Crippen molar-refractivity contribution >= 4 is 27.5 Å². The van der Waals surface area contributed by atoms with E-state index in [-0.39, 0.29) is 10.5 Å². The van der Waals surface area contributed by atoms with E-state index in [4.69, 9.17) is 0 Å². The first-order chi connectivity index (χ1) is 10.2. The van der Waals surface area contributed by atoms with E-state index in [2.05, 4.69) is 9.10 Å². The van der Waals surface area contributed by atoms with Gasteiger partial charge in [-0.2, -0.15) is 0 Å². The van der Waals surface area contributed by atoms with Crippen LogP contribution in [0.1, 0.15) is 39.3 Å². The molecule has 8 heteroatoms. The lowest BCUT2D eigenvalue weighted by molar-refractivity contribution is 0.0695. The van der Waals surface area contributed by atoms with Crippen LogP contribution in [-0.4, -0.2) is 23.9 Å². The summed E-state index contributed by atoms with van der Waals surface area (Å²) >= 11 is 1.21. The molecule has 0 spiro atoms. The predicted octanol–water partition coefficient (Wildman–Crippen LogP) is 2.50. The van der Waals surface area contributed by atoms with Crippen LogP contribution < -0.4 is 4.72 Å². The number of aryl methyl sites for hydroxylation is 1. The molecule has 2 aromatic rings. The van der Waals surface area contributed by atoms with Crippen LogP contribution in [-0.2, 0) is 10.0 Å². The van der Waals surface area contributed by atoms with Gasteiger partial charge in [-0.25, -0.2) is 22.3 Å². The molecule has 0 aliphatic rings. The third-order valence-electron chi connectivity index (χ3n) is 3.40. The molecule has 1 aromatic heterocycles. The lowest BCUT2D eigenvalue weighted by atomic mass is 10.0. The summed E-state index contributed by atoms with van der Waals surface area (Å²) in [6.07, 6.45) is 1.60. The molecule has 0 amide bonds. The van der Waals surface area contributed by atoms with Gasteiger partial charge >= 0.3 is 5.97 Å². The summed E-state index contributed by atoms with van der Waals surface area (Å²) in [5.41, 5.74) is 1.17. The summed E-state index contributed by atoms with van der Waals surface area (Å²) < 4.78 is 31.4. The predicted molar refractivity (Wildman–Crippen MR) is 83.7 cm³/mol. The molecule has 1 unspecified atom stereocenters. The van der Waals surface area contributed by atoms with Gasteiger partial charge in [0.15, 0.2) is 0 Å². The van der Waals surface area contributed by atoms with Gasteiger partial charge in [0.1, 0.15) is 0 Å². The van der Waals surface area contributed by atoms with Crippen LogP contribution in [0.4, 0.5) is 0 Å². The average Bonchev–Trinajstić information content (AvgIpc) is 2.94. The quantitative estimate of drug-likeness (QED) is 0.872. The molecule has 2 N–H and O–H groups in total. The van der Waals surface area contributed by atoms with Crippen molar-refractivity contribution in [3.63, 3.8) is 0 Å². The second kappa shape index (κ2) is 6.15. The monoisotopic (exact) mass is 340 g/mol. The zero-order valence-corrected chi connectivity index (χ0v) is 14.0. The number of carboxylic acids is 1. The molecule has 0 aliphatic heterocycles. The zero-order chi connectivity index (χ0) is 16.5. The first-order valence-electron chi connectivity index (χ1n) is 6.50. The highest BCUT2D eigenvalue weighted by molar-refractivity contribution is 7.89. The fourth-order valence-corrected chi connectivity index (χ4v) is 4.00. The summed E-state index contributed by atoms with van der Waals surface area (Å²) in [5.74, 6) is -1.15. The Morgan fingerprint density at radius 1 is 1.36 bits per heavy atom. The molecule has 1 aromatic carbocycles. The topological polar surface area (TPSA) is 96.4 Å². The van der Waals surface area contributed by atoms with E-state index < -0.39 is 22.0 Å². The Labute approximate surface area is 133 Å². The van der Waals surface area contributed by atoms with Crippen LogP contribution in [0.3, 0.4) is 0 Å². The summed E-state index contributed by atoms with van der Waals surface area (Å²) in [4.78, 5) is 12.0. The number of aromatic carboxylic acids is 1. The Bertz CT molecular complexity index is 799. The lowest BCUT2D eigenvalue weighted by Gasteiger charge is -2.14. The number of nitrogens with one attached hydrogen (secondary N) is 1. The largest absolute Gasteiger partial charge is 0.478 e. The highest BCUT2D eigenvalue weighted by Gasteiger charge is 2.22. The van der Waals surface area contributed by atoms with Crippen molar-refractivity contribution in [2.45, 2.75) is 31.7 Å². The molecule has 6 nitrogen and oxygen atoms in total. The molecule has 0 fully saturated rings. The molecule has 0 bridgehead atoms. The molecule has 1 heterocycles. The zero-order valence-electron chi connectivity index (χ0n) is 12.3. The van der Waals surface area contributed by atoms with Gasteiger partial charge in [-0.1, -0.05) is 0 Å². The number of sulfonamides is 1. The molecule has 1 atom stereocenters. The van der Waals surface area contributed by atoms with Gasteiger partial charge in [-0.15, -0.1) is 0 Å². The normalized spacial score (nSPS) is 13.0. The number of benzene rings is 1. The minimum atomic E-state index is -3.82. The van der Waals surface area contributed by atoms with Crippen LogP contribution in [0.2, 0.25) is 0 Å². The maximum absolute atomic E-state index is 12.5.